The van der Waals surface area contributed by atoms with E-state index in [2.05, 4.69) is 31.9 Å². The van der Waals surface area contributed by atoms with Crippen molar-refractivity contribution < 1.29 is 19.1 Å². The summed E-state index contributed by atoms with van der Waals surface area (Å²) in [6.07, 6.45) is -0.742. The topological polar surface area (TPSA) is 60.4 Å². The molecule has 2 aromatic rings. The van der Waals surface area contributed by atoms with Gasteiger partial charge in [-0.1, -0.05) is 55.6 Å². The molecule has 0 unspecified atom stereocenters. The van der Waals surface area contributed by atoms with Gasteiger partial charge in [0, 0.05) is 15.1 Å². The number of rotatable bonds is 4. The average molecular weight is 543 g/mol. The molecule has 0 radical (unpaired) electrons. The zero-order valence-electron chi connectivity index (χ0n) is 16.0. The Bertz CT molecular complexity index is 969. The molecule has 2 aromatic carbocycles. The lowest BCUT2D eigenvalue weighted by Crippen LogP contribution is -2.59. The first-order chi connectivity index (χ1) is 13.5. The van der Waals surface area contributed by atoms with Crippen LogP contribution in [0.1, 0.15) is 42.8 Å². The van der Waals surface area contributed by atoms with Crippen molar-refractivity contribution in [3.05, 3.63) is 69.2 Å². The number of hydrogen-bond acceptors (Lipinski definition) is 4. The highest BCUT2D eigenvalue weighted by molar-refractivity contribution is 9.10. The predicted octanol–water partition coefficient (Wildman–Crippen LogP) is 5.95. The Balaban J connectivity index is 1.97. The summed E-state index contributed by atoms with van der Waals surface area (Å²) in [5.41, 5.74) is -1.61. The first-order valence-corrected chi connectivity index (χ1v) is 11.0. The molecule has 152 valence electrons. The zero-order valence-corrected chi connectivity index (χ0v) is 20.0. The number of ether oxygens (including phenoxy) is 1. The van der Waals surface area contributed by atoms with Crippen LogP contribution in [-0.2, 0) is 14.3 Å². The zero-order chi connectivity index (χ0) is 21.6. The lowest BCUT2D eigenvalue weighted by molar-refractivity contribution is -0.187. The number of carbonyl (C=O) groups is 3. The van der Waals surface area contributed by atoms with Crippen LogP contribution in [0.15, 0.2) is 53.0 Å². The quantitative estimate of drug-likeness (QED) is 0.207. The second kappa shape index (κ2) is 7.97. The Morgan fingerprint density at radius 2 is 1.59 bits per heavy atom. The van der Waals surface area contributed by atoms with Crippen molar-refractivity contribution in [1.29, 1.82) is 0 Å². The van der Waals surface area contributed by atoms with E-state index in [-0.39, 0.29) is 11.6 Å². The van der Waals surface area contributed by atoms with Gasteiger partial charge >= 0.3 is 5.97 Å². The third kappa shape index (κ3) is 3.82. The molecule has 3 atom stereocenters. The van der Waals surface area contributed by atoms with Gasteiger partial charge in [-0.15, -0.1) is 0 Å². The van der Waals surface area contributed by atoms with Crippen molar-refractivity contribution in [2.75, 3.05) is 0 Å². The molecule has 3 rings (SSSR count). The van der Waals surface area contributed by atoms with E-state index in [0.717, 1.165) is 10.0 Å². The summed E-state index contributed by atoms with van der Waals surface area (Å²) in [6.45, 7) is 4.93. The first-order valence-electron chi connectivity index (χ1n) is 8.95. The molecule has 1 saturated heterocycles. The van der Waals surface area contributed by atoms with E-state index < -0.39 is 27.7 Å². The predicted molar refractivity (Wildman–Crippen MR) is 118 cm³/mol. The minimum absolute atomic E-state index is 0.349. The van der Waals surface area contributed by atoms with Crippen LogP contribution in [0.5, 0.6) is 0 Å². The number of benzene rings is 2. The van der Waals surface area contributed by atoms with Gasteiger partial charge in [0.2, 0.25) is 0 Å². The minimum atomic E-state index is -1.66. The van der Waals surface area contributed by atoms with Crippen molar-refractivity contribution >= 4 is 61.0 Å². The van der Waals surface area contributed by atoms with Gasteiger partial charge in [0.1, 0.15) is 16.3 Å². The number of hydrogen-bond donors (Lipinski definition) is 0. The standard InChI is InChI=1S/C22H19Br2ClO4/c1-21(2)18(13-4-8-14(23)9-5-13)29-20(28)22(3,19(21)27)17(24)16(26)12-6-10-15(25)11-7-12/h4-11,17-18H,1-3H3/t17-,18+,22-/m0/s1. The number of cyclic esters (lactones) is 1. The fraction of sp³-hybridized carbons (Fsp3) is 0.318. The Labute approximate surface area is 191 Å². The molecule has 0 N–H and O–H groups in total. The van der Waals surface area contributed by atoms with Crippen LogP contribution in [-0.4, -0.2) is 22.4 Å². The van der Waals surface area contributed by atoms with E-state index in [1.807, 2.05) is 24.3 Å². The van der Waals surface area contributed by atoms with E-state index >= 15 is 0 Å². The average Bonchev–Trinajstić information content (AvgIpc) is 2.69. The summed E-state index contributed by atoms with van der Waals surface area (Å²) >= 11 is 12.6. The maximum Gasteiger partial charge on any atom is 0.321 e. The van der Waals surface area contributed by atoms with E-state index in [0.29, 0.717) is 10.6 Å². The summed E-state index contributed by atoms with van der Waals surface area (Å²) in [4.78, 5) is 38.5. The summed E-state index contributed by atoms with van der Waals surface area (Å²) < 4.78 is 6.64. The molecular weight excluding hydrogens is 523 g/mol. The van der Waals surface area contributed by atoms with Crippen molar-refractivity contribution in [2.24, 2.45) is 10.8 Å². The normalized spacial score (nSPS) is 24.7. The molecule has 0 spiro atoms. The molecule has 0 amide bonds. The van der Waals surface area contributed by atoms with E-state index in [9.17, 15) is 14.4 Å². The minimum Gasteiger partial charge on any atom is -0.456 e. The Morgan fingerprint density at radius 1 is 1.03 bits per heavy atom. The number of alkyl halides is 1. The molecule has 0 aromatic heterocycles. The summed E-state index contributed by atoms with van der Waals surface area (Å²) in [5.74, 6) is -1.45. The number of carbonyl (C=O) groups excluding carboxylic acids is 3. The van der Waals surface area contributed by atoms with Gasteiger partial charge in [-0.2, -0.15) is 0 Å². The number of halogens is 3. The van der Waals surface area contributed by atoms with Crippen molar-refractivity contribution in [3.63, 3.8) is 0 Å². The Kier molecular flexibility index (Phi) is 6.10. The second-order valence-corrected chi connectivity index (χ2v) is 10.1. The molecule has 1 fully saturated rings. The van der Waals surface area contributed by atoms with Crippen LogP contribution in [0, 0.1) is 10.8 Å². The molecule has 0 saturated carbocycles. The molecule has 1 aliphatic heterocycles. The Morgan fingerprint density at radius 3 is 2.14 bits per heavy atom. The van der Waals surface area contributed by atoms with Crippen molar-refractivity contribution in [2.45, 2.75) is 31.7 Å². The molecule has 1 heterocycles. The lowest BCUT2D eigenvalue weighted by atomic mass is 9.64. The number of Topliss-reactive ketones (excluding diaryl/α,β-unsaturated/α-hetero) is 2. The van der Waals surface area contributed by atoms with E-state index in [4.69, 9.17) is 16.3 Å². The monoisotopic (exact) mass is 540 g/mol. The largest absolute Gasteiger partial charge is 0.456 e. The molecular formula is C22H19Br2ClO4. The fourth-order valence-electron chi connectivity index (χ4n) is 3.62. The van der Waals surface area contributed by atoms with Crippen LogP contribution < -0.4 is 0 Å². The van der Waals surface area contributed by atoms with Crippen LogP contribution in [0.3, 0.4) is 0 Å². The smallest absolute Gasteiger partial charge is 0.321 e. The maximum atomic E-state index is 13.5. The number of esters is 1. The molecule has 0 aliphatic carbocycles. The maximum absolute atomic E-state index is 13.5. The van der Waals surface area contributed by atoms with Crippen LogP contribution in [0.2, 0.25) is 5.02 Å². The van der Waals surface area contributed by atoms with Gasteiger partial charge in [0.15, 0.2) is 11.6 Å². The van der Waals surface area contributed by atoms with Crippen molar-refractivity contribution in [1.82, 2.24) is 0 Å². The van der Waals surface area contributed by atoms with Gasteiger partial charge in [-0.3, -0.25) is 14.4 Å². The van der Waals surface area contributed by atoms with Gasteiger partial charge in [0.25, 0.3) is 0 Å². The summed E-state index contributed by atoms with van der Waals surface area (Å²) in [7, 11) is 0. The van der Waals surface area contributed by atoms with Gasteiger partial charge in [0.05, 0.1) is 5.41 Å². The third-order valence-corrected chi connectivity index (χ3v) is 7.51. The molecule has 29 heavy (non-hydrogen) atoms. The summed E-state index contributed by atoms with van der Waals surface area (Å²) in [6, 6.07) is 13.6. The third-order valence-electron chi connectivity index (χ3n) is 5.40. The molecule has 4 nitrogen and oxygen atoms in total. The van der Waals surface area contributed by atoms with Gasteiger partial charge < -0.3 is 4.74 Å². The second-order valence-electron chi connectivity index (χ2n) is 7.82. The van der Waals surface area contributed by atoms with Crippen molar-refractivity contribution in [3.8, 4) is 0 Å². The lowest BCUT2D eigenvalue weighted by Gasteiger charge is -2.46. The van der Waals surface area contributed by atoms with Gasteiger partial charge in [-0.25, -0.2) is 0 Å². The highest BCUT2D eigenvalue weighted by Gasteiger charge is 2.62. The first kappa shape index (κ1) is 22.2. The Hall–Kier alpha value is -1.50. The molecule has 7 heteroatoms. The van der Waals surface area contributed by atoms with E-state index in [1.54, 1.807) is 38.1 Å². The highest BCUT2D eigenvalue weighted by Crippen LogP contribution is 2.50. The summed E-state index contributed by atoms with van der Waals surface area (Å²) in [5, 5.41) is 0.491. The van der Waals surface area contributed by atoms with Crippen LogP contribution in [0.4, 0.5) is 0 Å². The fourth-order valence-corrected chi connectivity index (χ4v) is 4.67. The molecule has 1 aliphatic rings. The van der Waals surface area contributed by atoms with Crippen LogP contribution in [0.25, 0.3) is 0 Å². The SMILES string of the molecule is CC1(C)C(=O)[C@](C)([C@@H](Br)C(=O)c2ccc(Cl)cc2)C(=O)O[C@@H]1c1ccc(Br)cc1. The van der Waals surface area contributed by atoms with Gasteiger partial charge in [-0.05, 0) is 62.7 Å². The van der Waals surface area contributed by atoms with Crippen LogP contribution >= 0.6 is 43.5 Å². The molecule has 0 bridgehead atoms. The highest BCUT2D eigenvalue weighted by atomic mass is 79.9. The number of ketones is 2. The van der Waals surface area contributed by atoms with E-state index in [1.165, 1.54) is 6.92 Å².